The van der Waals surface area contributed by atoms with E-state index in [4.69, 9.17) is 9.47 Å². The van der Waals surface area contributed by atoms with E-state index in [1.54, 1.807) is 18.2 Å². The molecule has 1 aromatic carbocycles. The Hall–Kier alpha value is -1.92. The molecule has 0 bridgehead atoms. The van der Waals surface area contributed by atoms with E-state index in [9.17, 15) is 9.18 Å². The number of nitrogens with one attached hydrogen (secondary N) is 1. The molecule has 6 heteroatoms. The van der Waals surface area contributed by atoms with E-state index in [1.807, 2.05) is 4.90 Å². The first kappa shape index (κ1) is 14.7. The molecule has 122 valence electrons. The van der Waals surface area contributed by atoms with Gasteiger partial charge in [0.2, 0.25) is 0 Å². The molecule has 2 aliphatic heterocycles. The lowest BCUT2D eigenvalue weighted by atomic mass is 9.97. The number of aromatic nitrogens is 1. The van der Waals surface area contributed by atoms with Crippen molar-refractivity contribution < 1.29 is 18.7 Å². The van der Waals surface area contributed by atoms with Gasteiger partial charge in [0.25, 0.3) is 5.91 Å². The van der Waals surface area contributed by atoms with Crippen LogP contribution in [0.25, 0.3) is 10.9 Å². The van der Waals surface area contributed by atoms with Crippen LogP contribution >= 0.6 is 0 Å². The van der Waals surface area contributed by atoms with Gasteiger partial charge in [0.1, 0.15) is 11.5 Å². The third kappa shape index (κ3) is 2.72. The number of nitrogens with zero attached hydrogens (tertiary/aromatic N) is 1. The molecule has 0 spiro atoms. The summed E-state index contributed by atoms with van der Waals surface area (Å²) in [4.78, 5) is 17.6. The molecule has 5 nitrogen and oxygen atoms in total. The Balaban J connectivity index is 1.53. The summed E-state index contributed by atoms with van der Waals surface area (Å²) in [7, 11) is 0. The Bertz CT molecular complexity index is 724. The third-order valence-corrected chi connectivity index (χ3v) is 4.62. The molecule has 4 rings (SSSR count). The highest BCUT2D eigenvalue weighted by molar-refractivity contribution is 5.98. The largest absolute Gasteiger partial charge is 0.350 e. The van der Waals surface area contributed by atoms with Gasteiger partial charge in [0, 0.05) is 29.9 Å². The van der Waals surface area contributed by atoms with Crippen LogP contribution in [-0.4, -0.2) is 48.4 Å². The zero-order valence-corrected chi connectivity index (χ0v) is 12.8. The van der Waals surface area contributed by atoms with Gasteiger partial charge >= 0.3 is 0 Å². The van der Waals surface area contributed by atoms with E-state index in [2.05, 4.69) is 4.98 Å². The Kier molecular flexibility index (Phi) is 3.79. The van der Waals surface area contributed by atoms with Gasteiger partial charge in [-0.2, -0.15) is 0 Å². The minimum Gasteiger partial charge on any atom is -0.350 e. The van der Waals surface area contributed by atoms with Crippen LogP contribution in [0.2, 0.25) is 0 Å². The molecule has 1 amide bonds. The molecular weight excluding hydrogens is 299 g/mol. The molecule has 1 aromatic heterocycles. The van der Waals surface area contributed by atoms with Crippen LogP contribution in [0.4, 0.5) is 4.39 Å². The fourth-order valence-electron chi connectivity index (χ4n) is 3.47. The van der Waals surface area contributed by atoms with Gasteiger partial charge < -0.3 is 19.4 Å². The number of likely N-dealkylation sites (tertiary alicyclic amines) is 1. The van der Waals surface area contributed by atoms with Crippen LogP contribution in [-0.2, 0) is 9.47 Å². The molecule has 2 saturated heterocycles. The van der Waals surface area contributed by atoms with Crippen molar-refractivity contribution >= 4 is 16.8 Å². The van der Waals surface area contributed by atoms with Gasteiger partial charge in [-0.1, -0.05) is 6.07 Å². The lowest BCUT2D eigenvalue weighted by molar-refractivity contribution is -0.0969. The Morgan fingerprint density at radius 3 is 2.91 bits per heavy atom. The number of carbonyl (C=O) groups excluding carboxylic acids is 1. The van der Waals surface area contributed by atoms with Crippen molar-refractivity contribution in [3.8, 4) is 0 Å². The summed E-state index contributed by atoms with van der Waals surface area (Å²) < 4.78 is 24.9. The number of hydrogen-bond donors (Lipinski definition) is 1. The summed E-state index contributed by atoms with van der Waals surface area (Å²) in [6.45, 7) is 2.56. The van der Waals surface area contributed by atoms with Crippen molar-refractivity contribution in [2.75, 3.05) is 26.3 Å². The number of carbonyl (C=O) groups is 1. The normalized spacial score (nSPS) is 22.8. The van der Waals surface area contributed by atoms with Crippen molar-refractivity contribution in [1.29, 1.82) is 0 Å². The molecule has 1 N–H and O–H groups in total. The zero-order valence-electron chi connectivity index (χ0n) is 12.8. The summed E-state index contributed by atoms with van der Waals surface area (Å²) in [6.07, 6.45) is 1.72. The number of H-pyrrole nitrogens is 1. The first-order valence-electron chi connectivity index (χ1n) is 8.02. The van der Waals surface area contributed by atoms with Gasteiger partial charge in [-0.05, 0) is 31.0 Å². The second-order valence-corrected chi connectivity index (χ2v) is 6.15. The average Bonchev–Trinajstić information content (AvgIpc) is 3.24. The van der Waals surface area contributed by atoms with Gasteiger partial charge in [-0.3, -0.25) is 4.79 Å². The molecule has 2 aliphatic rings. The molecule has 0 aliphatic carbocycles. The zero-order chi connectivity index (χ0) is 15.8. The highest BCUT2D eigenvalue weighted by Crippen LogP contribution is 2.26. The predicted molar refractivity (Wildman–Crippen MR) is 82.6 cm³/mol. The first-order valence-corrected chi connectivity index (χ1v) is 8.02. The molecule has 1 unspecified atom stereocenters. The molecule has 2 fully saturated rings. The monoisotopic (exact) mass is 318 g/mol. The van der Waals surface area contributed by atoms with Gasteiger partial charge in [0.05, 0.1) is 13.2 Å². The summed E-state index contributed by atoms with van der Waals surface area (Å²) in [5.41, 5.74) is 1.07. The van der Waals surface area contributed by atoms with Crippen molar-refractivity contribution in [1.82, 2.24) is 9.88 Å². The Morgan fingerprint density at radius 2 is 2.13 bits per heavy atom. The van der Waals surface area contributed by atoms with E-state index in [0.29, 0.717) is 42.9 Å². The van der Waals surface area contributed by atoms with E-state index in [0.717, 1.165) is 12.8 Å². The molecule has 23 heavy (non-hydrogen) atoms. The summed E-state index contributed by atoms with van der Waals surface area (Å²) in [5.74, 6) is -0.207. The van der Waals surface area contributed by atoms with Gasteiger partial charge in [-0.15, -0.1) is 0 Å². The average molecular weight is 318 g/mol. The first-order chi connectivity index (χ1) is 11.2. The third-order valence-electron chi connectivity index (χ3n) is 4.62. The highest BCUT2D eigenvalue weighted by Gasteiger charge is 2.33. The van der Waals surface area contributed by atoms with E-state index >= 15 is 0 Å². The number of benzene rings is 1. The van der Waals surface area contributed by atoms with E-state index < -0.39 is 0 Å². The maximum absolute atomic E-state index is 13.8. The summed E-state index contributed by atoms with van der Waals surface area (Å²) >= 11 is 0. The minimum atomic E-state index is -0.318. The molecule has 0 radical (unpaired) electrons. The fraction of sp³-hybridized carbons (Fsp3) is 0.471. The van der Waals surface area contributed by atoms with Crippen LogP contribution in [0.5, 0.6) is 0 Å². The van der Waals surface area contributed by atoms with Crippen LogP contribution in [0.1, 0.15) is 23.3 Å². The standard InChI is InChI=1S/C17H19FN2O3/c18-13-4-1-5-14-12(13)9-15(19-14)16(21)20-6-2-3-11(10-20)17-22-7-8-23-17/h1,4-5,9,11,17,19H,2-3,6-8,10H2. The van der Waals surface area contributed by atoms with Crippen LogP contribution in [0.15, 0.2) is 24.3 Å². The van der Waals surface area contributed by atoms with Gasteiger partial charge in [0.15, 0.2) is 6.29 Å². The van der Waals surface area contributed by atoms with Crippen molar-refractivity contribution in [2.24, 2.45) is 5.92 Å². The van der Waals surface area contributed by atoms with E-state index in [-0.39, 0.29) is 23.9 Å². The Labute approximate surface area is 133 Å². The lowest BCUT2D eigenvalue weighted by Gasteiger charge is -2.34. The second-order valence-electron chi connectivity index (χ2n) is 6.15. The maximum Gasteiger partial charge on any atom is 0.270 e. The van der Waals surface area contributed by atoms with E-state index in [1.165, 1.54) is 6.07 Å². The minimum absolute atomic E-state index is 0.0942. The SMILES string of the molecule is O=C(c1cc2c(F)cccc2[nH]1)N1CCCC(C2OCCO2)C1. The van der Waals surface area contributed by atoms with Crippen LogP contribution in [0.3, 0.4) is 0 Å². The number of hydrogen-bond acceptors (Lipinski definition) is 3. The number of aromatic amines is 1. The van der Waals surface area contributed by atoms with Crippen molar-refractivity contribution in [3.05, 3.63) is 35.8 Å². The summed E-state index contributed by atoms with van der Waals surface area (Å²) in [5, 5.41) is 0.451. The number of amides is 1. The number of ether oxygens (including phenoxy) is 2. The predicted octanol–water partition coefficient (Wildman–Crippen LogP) is 2.53. The second kappa shape index (κ2) is 5.94. The fourth-order valence-corrected chi connectivity index (χ4v) is 3.47. The smallest absolute Gasteiger partial charge is 0.270 e. The lowest BCUT2D eigenvalue weighted by Crippen LogP contribution is -2.43. The molecule has 3 heterocycles. The Morgan fingerprint density at radius 1 is 1.30 bits per heavy atom. The highest BCUT2D eigenvalue weighted by atomic mass is 19.1. The quantitative estimate of drug-likeness (QED) is 0.926. The molecule has 0 saturated carbocycles. The number of halogens is 1. The topological polar surface area (TPSA) is 54.6 Å². The summed E-state index contributed by atoms with van der Waals surface area (Å²) in [6, 6.07) is 6.40. The van der Waals surface area contributed by atoms with Crippen molar-refractivity contribution in [2.45, 2.75) is 19.1 Å². The molecule has 2 aromatic rings. The van der Waals surface area contributed by atoms with Gasteiger partial charge in [-0.25, -0.2) is 4.39 Å². The van der Waals surface area contributed by atoms with Crippen LogP contribution in [0, 0.1) is 11.7 Å². The number of rotatable bonds is 2. The molecule has 1 atom stereocenters. The number of piperidine rings is 1. The maximum atomic E-state index is 13.8. The molecular formula is C17H19FN2O3. The van der Waals surface area contributed by atoms with Crippen LogP contribution < -0.4 is 0 Å². The van der Waals surface area contributed by atoms with Crippen molar-refractivity contribution in [3.63, 3.8) is 0 Å². The number of fused-ring (bicyclic) bond motifs is 1.